The van der Waals surface area contributed by atoms with Crippen LogP contribution in [0.2, 0.25) is 0 Å². The van der Waals surface area contributed by atoms with E-state index in [9.17, 15) is 9.18 Å². The van der Waals surface area contributed by atoms with Crippen LogP contribution < -0.4 is 10.2 Å². The summed E-state index contributed by atoms with van der Waals surface area (Å²) in [6.45, 7) is 1.38. The molecular formula is C13H16FN3O2. The van der Waals surface area contributed by atoms with Crippen molar-refractivity contribution in [1.82, 2.24) is 10.3 Å². The Morgan fingerprint density at radius 2 is 2.32 bits per heavy atom. The fraction of sp³-hybridized carbons (Fsp3) is 0.538. The van der Waals surface area contributed by atoms with Gasteiger partial charge in [-0.05, 0) is 25.0 Å². The molecule has 1 aromatic rings. The first kappa shape index (κ1) is 12.3. The minimum Gasteiger partial charge on any atom is -0.377 e. The SMILES string of the molecule is O=C(NC1CC1)C1COCCN1c1cccc(F)n1. The molecule has 0 aromatic carbocycles. The van der Waals surface area contributed by atoms with Gasteiger partial charge in [0.05, 0.1) is 13.2 Å². The van der Waals surface area contributed by atoms with Gasteiger partial charge in [-0.15, -0.1) is 0 Å². The third kappa shape index (κ3) is 2.84. The smallest absolute Gasteiger partial charge is 0.245 e. The lowest BCUT2D eigenvalue weighted by Gasteiger charge is -2.35. The molecule has 5 nitrogen and oxygen atoms in total. The van der Waals surface area contributed by atoms with E-state index in [0.29, 0.717) is 31.6 Å². The molecule has 6 heteroatoms. The van der Waals surface area contributed by atoms with Crippen molar-refractivity contribution < 1.29 is 13.9 Å². The normalized spacial score (nSPS) is 23.2. The Hall–Kier alpha value is -1.69. The maximum Gasteiger partial charge on any atom is 0.245 e. The van der Waals surface area contributed by atoms with E-state index >= 15 is 0 Å². The number of carbonyl (C=O) groups excluding carboxylic acids is 1. The average molecular weight is 265 g/mol. The Morgan fingerprint density at radius 3 is 3.05 bits per heavy atom. The number of pyridine rings is 1. The molecule has 0 spiro atoms. The quantitative estimate of drug-likeness (QED) is 0.818. The zero-order valence-electron chi connectivity index (χ0n) is 10.5. The fourth-order valence-corrected chi connectivity index (χ4v) is 2.18. The number of nitrogens with one attached hydrogen (secondary N) is 1. The van der Waals surface area contributed by atoms with Gasteiger partial charge in [0.1, 0.15) is 11.9 Å². The van der Waals surface area contributed by atoms with Crippen LogP contribution in [0.4, 0.5) is 10.2 Å². The number of morpholine rings is 1. The van der Waals surface area contributed by atoms with Gasteiger partial charge < -0.3 is 15.0 Å². The van der Waals surface area contributed by atoms with Crippen LogP contribution in [0.25, 0.3) is 0 Å². The zero-order valence-corrected chi connectivity index (χ0v) is 10.5. The van der Waals surface area contributed by atoms with E-state index in [-0.39, 0.29) is 5.91 Å². The van der Waals surface area contributed by atoms with E-state index in [0.717, 1.165) is 12.8 Å². The molecule has 2 heterocycles. The van der Waals surface area contributed by atoms with Crippen LogP contribution in [0, 0.1) is 5.95 Å². The number of ether oxygens (including phenoxy) is 1. The standard InChI is InChI=1S/C13H16FN3O2/c14-11-2-1-3-12(16-11)17-6-7-19-8-10(17)13(18)15-9-4-5-9/h1-3,9-10H,4-8H2,(H,15,18). The van der Waals surface area contributed by atoms with Gasteiger partial charge in [0.15, 0.2) is 0 Å². The first-order valence-electron chi connectivity index (χ1n) is 6.51. The molecule has 2 fully saturated rings. The molecule has 3 rings (SSSR count). The summed E-state index contributed by atoms with van der Waals surface area (Å²) >= 11 is 0. The molecule has 1 aliphatic carbocycles. The predicted octanol–water partition coefficient (Wildman–Crippen LogP) is 0.704. The highest BCUT2D eigenvalue weighted by Crippen LogP contribution is 2.21. The van der Waals surface area contributed by atoms with E-state index in [1.54, 1.807) is 12.1 Å². The van der Waals surface area contributed by atoms with Crippen LogP contribution in [-0.2, 0) is 9.53 Å². The third-order valence-corrected chi connectivity index (χ3v) is 3.35. The highest BCUT2D eigenvalue weighted by molar-refractivity contribution is 5.85. The molecule has 1 unspecified atom stereocenters. The Morgan fingerprint density at radius 1 is 1.47 bits per heavy atom. The lowest BCUT2D eigenvalue weighted by atomic mass is 10.2. The molecule has 1 atom stereocenters. The van der Waals surface area contributed by atoms with Crippen LogP contribution in [0.15, 0.2) is 18.2 Å². The summed E-state index contributed by atoms with van der Waals surface area (Å²) in [6, 6.07) is 4.48. The highest BCUT2D eigenvalue weighted by atomic mass is 19.1. The van der Waals surface area contributed by atoms with Crippen LogP contribution in [0.5, 0.6) is 0 Å². The zero-order chi connectivity index (χ0) is 13.2. The van der Waals surface area contributed by atoms with Crippen LogP contribution >= 0.6 is 0 Å². The lowest BCUT2D eigenvalue weighted by molar-refractivity contribution is -0.124. The van der Waals surface area contributed by atoms with Crippen LogP contribution in [0.3, 0.4) is 0 Å². The number of rotatable bonds is 3. The molecule has 2 aliphatic rings. The van der Waals surface area contributed by atoms with Gasteiger partial charge in [-0.1, -0.05) is 6.07 Å². The van der Waals surface area contributed by atoms with E-state index in [4.69, 9.17) is 4.74 Å². The molecule has 1 amide bonds. The van der Waals surface area contributed by atoms with Gasteiger partial charge in [0, 0.05) is 12.6 Å². The minimum absolute atomic E-state index is 0.0618. The minimum atomic E-state index is -0.537. The molecule has 19 heavy (non-hydrogen) atoms. The molecular weight excluding hydrogens is 249 g/mol. The highest BCUT2D eigenvalue weighted by Gasteiger charge is 2.33. The first-order valence-corrected chi connectivity index (χ1v) is 6.51. The van der Waals surface area contributed by atoms with Crippen molar-refractivity contribution in [2.24, 2.45) is 0 Å². The maximum atomic E-state index is 13.2. The molecule has 0 radical (unpaired) electrons. The summed E-state index contributed by atoms with van der Waals surface area (Å²) in [4.78, 5) is 17.8. The fourth-order valence-electron chi connectivity index (χ4n) is 2.18. The maximum absolute atomic E-state index is 13.2. The van der Waals surface area contributed by atoms with Crippen molar-refractivity contribution in [2.75, 3.05) is 24.7 Å². The first-order chi connectivity index (χ1) is 9.24. The van der Waals surface area contributed by atoms with Gasteiger partial charge in [-0.3, -0.25) is 4.79 Å². The Labute approximate surface area is 110 Å². The molecule has 102 valence electrons. The number of nitrogens with zero attached hydrogens (tertiary/aromatic N) is 2. The van der Waals surface area contributed by atoms with Gasteiger partial charge in [0.25, 0.3) is 0 Å². The number of aromatic nitrogens is 1. The summed E-state index contributed by atoms with van der Waals surface area (Å²) in [7, 11) is 0. The second kappa shape index (κ2) is 5.13. The van der Waals surface area contributed by atoms with Crippen LogP contribution in [-0.4, -0.2) is 42.7 Å². The lowest BCUT2D eigenvalue weighted by Crippen LogP contribution is -2.54. The third-order valence-electron chi connectivity index (χ3n) is 3.35. The van der Waals surface area contributed by atoms with E-state index in [1.807, 2.05) is 4.90 Å². The van der Waals surface area contributed by atoms with Gasteiger partial charge in [-0.2, -0.15) is 4.39 Å². The number of hydrogen-bond donors (Lipinski definition) is 1. The Kier molecular flexibility index (Phi) is 3.33. The summed E-state index contributed by atoms with van der Waals surface area (Å²) in [5.41, 5.74) is 0. The molecule has 1 aromatic heterocycles. The van der Waals surface area contributed by atoms with Gasteiger partial charge in [0.2, 0.25) is 11.9 Å². The molecule has 1 aliphatic heterocycles. The number of anilines is 1. The summed E-state index contributed by atoms with van der Waals surface area (Å²) in [5, 5.41) is 2.96. The second-order valence-corrected chi connectivity index (χ2v) is 4.89. The molecule has 1 saturated carbocycles. The van der Waals surface area contributed by atoms with E-state index < -0.39 is 12.0 Å². The predicted molar refractivity (Wildman–Crippen MR) is 67.3 cm³/mol. The van der Waals surface area contributed by atoms with Gasteiger partial charge >= 0.3 is 0 Å². The largest absolute Gasteiger partial charge is 0.377 e. The van der Waals surface area contributed by atoms with Crippen molar-refractivity contribution >= 4 is 11.7 Å². The molecule has 1 saturated heterocycles. The topological polar surface area (TPSA) is 54.5 Å². The van der Waals surface area contributed by atoms with E-state index in [1.165, 1.54) is 6.07 Å². The van der Waals surface area contributed by atoms with Gasteiger partial charge in [-0.25, -0.2) is 4.98 Å². The Bertz CT molecular complexity index is 479. The summed E-state index contributed by atoms with van der Waals surface area (Å²) < 4.78 is 18.6. The molecule has 1 N–H and O–H groups in total. The number of hydrogen-bond acceptors (Lipinski definition) is 4. The van der Waals surface area contributed by atoms with E-state index in [2.05, 4.69) is 10.3 Å². The average Bonchev–Trinajstić information content (AvgIpc) is 3.23. The molecule has 0 bridgehead atoms. The number of carbonyl (C=O) groups is 1. The summed E-state index contributed by atoms with van der Waals surface area (Å²) in [5.74, 6) is -0.113. The van der Waals surface area contributed by atoms with Crippen molar-refractivity contribution in [3.63, 3.8) is 0 Å². The van der Waals surface area contributed by atoms with Crippen LogP contribution in [0.1, 0.15) is 12.8 Å². The van der Waals surface area contributed by atoms with Crippen molar-refractivity contribution in [3.05, 3.63) is 24.1 Å². The van der Waals surface area contributed by atoms with Crippen molar-refractivity contribution in [2.45, 2.75) is 24.9 Å². The number of amides is 1. The van der Waals surface area contributed by atoms with Crippen molar-refractivity contribution in [3.8, 4) is 0 Å². The Balaban J connectivity index is 1.77. The van der Waals surface area contributed by atoms with Crippen molar-refractivity contribution in [1.29, 1.82) is 0 Å². The second-order valence-electron chi connectivity index (χ2n) is 4.89. The monoisotopic (exact) mass is 265 g/mol. The number of halogens is 1. The summed E-state index contributed by atoms with van der Waals surface area (Å²) in [6.07, 6.45) is 2.08.